The third kappa shape index (κ3) is 1.98. The van der Waals surface area contributed by atoms with Crippen LogP contribution < -0.4 is 5.19 Å². The van der Waals surface area contributed by atoms with Gasteiger partial charge in [0.2, 0.25) is 0 Å². The molecule has 4 heteroatoms. The van der Waals surface area contributed by atoms with Gasteiger partial charge in [0.25, 0.3) is 9.76 Å². The van der Waals surface area contributed by atoms with Crippen molar-refractivity contribution in [1.29, 1.82) is 0 Å². The average Bonchev–Trinajstić information content (AvgIpc) is 2.29. The first-order valence-electron chi connectivity index (χ1n) is 5.74. The molecule has 2 radical (unpaired) electrons. The summed E-state index contributed by atoms with van der Waals surface area (Å²) in [6.07, 6.45) is 0. The molecule has 0 fully saturated rings. The SMILES string of the molecule is CC(C)(C)c1cccc2cc(O)c(O)c([Si]O)c12. The number of hydrogen-bond acceptors (Lipinski definition) is 3. The predicted octanol–water partition coefficient (Wildman–Crippen LogP) is 1.79. The number of hydrogen-bond donors (Lipinski definition) is 3. The largest absolute Gasteiger partial charge is 0.504 e. The Morgan fingerprint density at radius 2 is 1.78 bits per heavy atom. The van der Waals surface area contributed by atoms with Crippen LogP contribution in [0.1, 0.15) is 26.3 Å². The zero-order valence-corrected chi connectivity index (χ0v) is 11.7. The Labute approximate surface area is 109 Å². The van der Waals surface area contributed by atoms with Crippen LogP contribution in [0.15, 0.2) is 24.3 Å². The number of rotatable bonds is 1. The minimum atomic E-state index is -0.555. The fourth-order valence-corrected chi connectivity index (χ4v) is 2.79. The molecule has 94 valence electrons. The maximum absolute atomic E-state index is 9.88. The fraction of sp³-hybridized carbons (Fsp3) is 0.286. The summed E-state index contributed by atoms with van der Waals surface area (Å²) in [7, 11) is -0.555. The first-order chi connectivity index (χ1) is 8.36. The zero-order valence-electron chi connectivity index (χ0n) is 10.7. The van der Waals surface area contributed by atoms with Crippen molar-refractivity contribution in [2.24, 2.45) is 0 Å². The highest BCUT2D eigenvalue weighted by atomic mass is 28.2. The van der Waals surface area contributed by atoms with Gasteiger partial charge < -0.3 is 15.0 Å². The van der Waals surface area contributed by atoms with E-state index in [9.17, 15) is 15.0 Å². The Morgan fingerprint density at radius 1 is 1.11 bits per heavy atom. The van der Waals surface area contributed by atoms with Crippen LogP contribution in [-0.4, -0.2) is 24.8 Å². The van der Waals surface area contributed by atoms with Crippen LogP contribution in [0, 0.1) is 0 Å². The molecule has 0 unspecified atom stereocenters. The average molecular weight is 260 g/mol. The lowest BCUT2D eigenvalue weighted by Crippen LogP contribution is -2.21. The lowest BCUT2D eigenvalue weighted by Gasteiger charge is -2.23. The van der Waals surface area contributed by atoms with Crippen LogP contribution in [0.4, 0.5) is 0 Å². The van der Waals surface area contributed by atoms with Crippen LogP contribution in [0.3, 0.4) is 0 Å². The second-order valence-corrected chi connectivity index (χ2v) is 6.11. The number of fused-ring (bicyclic) bond motifs is 1. The lowest BCUT2D eigenvalue weighted by molar-refractivity contribution is 0.407. The van der Waals surface area contributed by atoms with Crippen LogP contribution in [0.25, 0.3) is 10.8 Å². The quantitative estimate of drug-likeness (QED) is 0.541. The maximum Gasteiger partial charge on any atom is 0.270 e. The molecule has 0 amide bonds. The van der Waals surface area contributed by atoms with E-state index in [4.69, 9.17) is 0 Å². The highest BCUT2D eigenvalue weighted by molar-refractivity contribution is 6.52. The second-order valence-electron chi connectivity index (χ2n) is 5.38. The lowest BCUT2D eigenvalue weighted by atomic mass is 9.83. The predicted molar refractivity (Wildman–Crippen MR) is 73.6 cm³/mol. The maximum atomic E-state index is 9.88. The summed E-state index contributed by atoms with van der Waals surface area (Å²) in [4.78, 5) is 9.49. The van der Waals surface area contributed by atoms with Gasteiger partial charge in [0.15, 0.2) is 11.5 Å². The molecule has 2 aromatic carbocycles. The molecular weight excluding hydrogens is 244 g/mol. The Morgan fingerprint density at radius 3 is 2.33 bits per heavy atom. The van der Waals surface area contributed by atoms with Crippen molar-refractivity contribution >= 4 is 25.7 Å². The molecule has 2 aromatic rings. The van der Waals surface area contributed by atoms with Gasteiger partial charge in [-0.1, -0.05) is 39.0 Å². The van der Waals surface area contributed by atoms with Gasteiger partial charge in [0, 0.05) is 5.19 Å². The van der Waals surface area contributed by atoms with Gasteiger partial charge in [0.1, 0.15) is 0 Å². The van der Waals surface area contributed by atoms with E-state index in [1.54, 1.807) is 0 Å². The van der Waals surface area contributed by atoms with E-state index in [1.807, 2.05) is 18.2 Å². The van der Waals surface area contributed by atoms with E-state index in [-0.39, 0.29) is 16.9 Å². The van der Waals surface area contributed by atoms with E-state index in [0.717, 1.165) is 16.3 Å². The molecule has 3 N–H and O–H groups in total. The topological polar surface area (TPSA) is 60.7 Å². The molecule has 0 bridgehead atoms. The van der Waals surface area contributed by atoms with Crippen LogP contribution >= 0.6 is 0 Å². The van der Waals surface area contributed by atoms with Crippen molar-refractivity contribution in [2.75, 3.05) is 0 Å². The molecule has 0 spiro atoms. The third-order valence-corrected chi connectivity index (χ3v) is 3.75. The smallest absolute Gasteiger partial charge is 0.270 e. The molecular formula is C14H16O3Si. The minimum Gasteiger partial charge on any atom is -0.504 e. The molecule has 0 aliphatic heterocycles. The summed E-state index contributed by atoms with van der Waals surface area (Å²) in [5.41, 5.74) is 0.948. The summed E-state index contributed by atoms with van der Waals surface area (Å²) >= 11 is 0. The first-order valence-corrected chi connectivity index (χ1v) is 6.69. The van der Waals surface area contributed by atoms with E-state index in [0.29, 0.717) is 5.19 Å². The van der Waals surface area contributed by atoms with Crippen LogP contribution in [0.5, 0.6) is 11.5 Å². The molecule has 0 atom stereocenters. The highest BCUT2D eigenvalue weighted by Gasteiger charge is 2.21. The van der Waals surface area contributed by atoms with E-state index in [1.165, 1.54) is 6.07 Å². The van der Waals surface area contributed by atoms with Gasteiger partial charge in [-0.15, -0.1) is 0 Å². The summed E-state index contributed by atoms with van der Waals surface area (Å²) < 4.78 is 0. The summed E-state index contributed by atoms with van der Waals surface area (Å²) in [5.74, 6) is -0.412. The van der Waals surface area contributed by atoms with Gasteiger partial charge in [-0.05, 0) is 27.8 Å². The number of phenolic OH excluding ortho intramolecular Hbond substituents is 2. The van der Waals surface area contributed by atoms with Crippen LogP contribution in [-0.2, 0) is 5.41 Å². The highest BCUT2D eigenvalue weighted by Crippen LogP contribution is 2.34. The van der Waals surface area contributed by atoms with E-state index >= 15 is 0 Å². The van der Waals surface area contributed by atoms with Gasteiger partial charge in [-0.2, -0.15) is 0 Å². The fourth-order valence-electron chi connectivity index (χ4n) is 2.17. The van der Waals surface area contributed by atoms with Crippen molar-refractivity contribution < 1.29 is 15.0 Å². The van der Waals surface area contributed by atoms with Crippen molar-refractivity contribution in [3.63, 3.8) is 0 Å². The Bertz CT molecular complexity index is 600. The van der Waals surface area contributed by atoms with Gasteiger partial charge in [-0.3, -0.25) is 0 Å². The van der Waals surface area contributed by atoms with E-state index in [2.05, 4.69) is 20.8 Å². The van der Waals surface area contributed by atoms with Crippen molar-refractivity contribution in [2.45, 2.75) is 26.2 Å². The molecule has 18 heavy (non-hydrogen) atoms. The molecule has 0 heterocycles. The van der Waals surface area contributed by atoms with Crippen molar-refractivity contribution in [1.82, 2.24) is 0 Å². The van der Waals surface area contributed by atoms with E-state index < -0.39 is 9.76 Å². The Balaban J connectivity index is 2.95. The second kappa shape index (κ2) is 4.30. The molecule has 0 aliphatic carbocycles. The molecule has 0 aliphatic rings. The molecule has 3 nitrogen and oxygen atoms in total. The Kier molecular flexibility index (Phi) is 3.08. The zero-order chi connectivity index (χ0) is 13.5. The Hall–Kier alpha value is -1.52. The monoisotopic (exact) mass is 260 g/mol. The molecule has 2 rings (SSSR count). The van der Waals surface area contributed by atoms with Crippen molar-refractivity contribution in [3.05, 3.63) is 29.8 Å². The van der Waals surface area contributed by atoms with Crippen LogP contribution in [0.2, 0.25) is 0 Å². The minimum absolute atomic E-state index is 0.0999. The third-order valence-electron chi connectivity index (χ3n) is 3.04. The van der Waals surface area contributed by atoms with Crippen molar-refractivity contribution in [3.8, 4) is 11.5 Å². The summed E-state index contributed by atoms with van der Waals surface area (Å²) in [6, 6.07) is 7.31. The standard InChI is InChI=1S/C14H16O3Si/c1-14(2,3)9-6-4-5-8-7-10(15)12(16)13(18-17)11(8)9/h4-7,15-17H,1-3H3. The number of aromatic hydroxyl groups is 2. The summed E-state index contributed by atoms with van der Waals surface area (Å²) in [6.45, 7) is 6.24. The summed E-state index contributed by atoms with van der Waals surface area (Å²) in [5, 5.41) is 21.6. The normalized spacial score (nSPS) is 12.0. The molecule has 0 saturated heterocycles. The van der Waals surface area contributed by atoms with Gasteiger partial charge in [-0.25, -0.2) is 0 Å². The van der Waals surface area contributed by atoms with Gasteiger partial charge >= 0.3 is 0 Å². The number of phenols is 2. The first kappa shape index (κ1) is 12.9. The molecule has 0 saturated carbocycles. The molecule has 0 aromatic heterocycles. The van der Waals surface area contributed by atoms with Gasteiger partial charge in [0.05, 0.1) is 0 Å². The number of benzene rings is 2.